The quantitative estimate of drug-likeness (QED) is 0.672. The normalized spacial score (nSPS) is 16.5. The smallest absolute Gasteiger partial charge is 0.317 e. The minimum absolute atomic E-state index is 0.0205. The van der Waals surface area contributed by atoms with Crippen LogP contribution in [-0.4, -0.2) is 17.1 Å². The molecule has 1 unspecified atom stereocenters. The third-order valence-electron chi connectivity index (χ3n) is 3.87. The van der Waals surface area contributed by atoms with Crippen molar-refractivity contribution in [1.82, 2.24) is 5.32 Å². The van der Waals surface area contributed by atoms with E-state index in [0.717, 1.165) is 5.56 Å². The van der Waals surface area contributed by atoms with E-state index < -0.39 is 10.8 Å². The van der Waals surface area contributed by atoms with Crippen molar-refractivity contribution < 1.29 is 14.8 Å². The summed E-state index contributed by atoms with van der Waals surface area (Å²) in [5.74, 6) is -0.0719. The summed E-state index contributed by atoms with van der Waals surface area (Å²) in [4.78, 5) is 11.2. The molecule has 1 aliphatic rings. The van der Waals surface area contributed by atoms with Crippen LogP contribution in [0.3, 0.4) is 0 Å². The van der Waals surface area contributed by atoms with Crippen LogP contribution >= 0.6 is 0 Å². The largest absolute Gasteiger partial charge is 0.508 e. The van der Waals surface area contributed by atoms with Gasteiger partial charge in [0, 0.05) is 18.2 Å². The zero-order valence-corrected chi connectivity index (χ0v) is 12.7. The van der Waals surface area contributed by atoms with E-state index in [1.54, 1.807) is 49.5 Å². The van der Waals surface area contributed by atoms with Crippen molar-refractivity contribution in [3.63, 3.8) is 0 Å². The van der Waals surface area contributed by atoms with Crippen LogP contribution in [0.25, 0.3) is 0 Å². The topological polar surface area (TPSA) is 84.6 Å². The zero-order valence-electron chi connectivity index (χ0n) is 12.7. The number of rotatable bonds is 3. The molecule has 0 spiro atoms. The van der Waals surface area contributed by atoms with E-state index in [-0.39, 0.29) is 17.3 Å². The van der Waals surface area contributed by atoms with Crippen LogP contribution < -0.4 is 10.1 Å². The summed E-state index contributed by atoms with van der Waals surface area (Å²) in [5.41, 5.74) is 1.93. The number of nitrogens with zero attached hydrogens (tertiary/aromatic N) is 1. The average Bonchev–Trinajstić information content (AvgIpc) is 2.55. The number of allylic oxidation sites excluding steroid dienone is 1. The second-order valence-electron chi connectivity index (χ2n) is 5.36. The third-order valence-corrected chi connectivity index (χ3v) is 3.87. The minimum atomic E-state index is -0.711. The van der Waals surface area contributed by atoms with Gasteiger partial charge in [-0.2, -0.15) is 0 Å². The molecule has 0 amide bonds. The van der Waals surface area contributed by atoms with Crippen LogP contribution in [0.1, 0.15) is 22.6 Å². The molecule has 1 aliphatic heterocycles. The fourth-order valence-electron chi connectivity index (χ4n) is 2.84. The highest BCUT2D eigenvalue weighted by molar-refractivity contribution is 5.54. The van der Waals surface area contributed by atoms with Gasteiger partial charge in [0.15, 0.2) is 0 Å². The molecule has 2 aromatic rings. The maximum atomic E-state index is 11.7. The molecule has 2 N–H and O–H groups in total. The van der Waals surface area contributed by atoms with E-state index in [1.807, 2.05) is 6.92 Å². The number of aryl methyl sites for hydroxylation is 1. The highest BCUT2D eigenvalue weighted by Crippen LogP contribution is 2.45. The van der Waals surface area contributed by atoms with Gasteiger partial charge in [-0.1, -0.05) is 35.9 Å². The summed E-state index contributed by atoms with van der Waals surface area (Å²) < 4.78 is 5.62. The highest BCUT2D eigenvalue weighted by atomic mass is 16.6. The van der Waals surface area contributed by atoms with Crippen molar-refractivity contribution in [2.24, 2.45) is 0 Å². The third kappa shape index (κ3) is 2.48. The van der Waals surface area contributed by atoms with E-state index in [2.05, 4.69) is 5.32 Å². The molecular formula is C17H16N2O4. The molecule has 0 aromatic heterocycles. The van der Waals surface area contributed by atoms with Gasteiger partial charge in [-0.3, -0.25) is 10.1 Å². The van der Waals surface area contributed by atoms with Gasteiger partial charge in [-0.15, -0.1) is 0 Å². The Kier molecular flexibility index (Phi) is 3.65. The van der Waals surface area contributed by atoms with Crippen molar-refractivity contribution in [1.29, 1.82) is 0 Å². The Morgan fingerprint density at radius 1 is 1.22 bits per heavy atom. The molecule has 6 heteroatoms. The molecule has 0 bridgehead atoms. The Labute approximate surface area is 133 Å². The second kappa shape index (κ2) is 5.64. The maximum absolute atomic E-state index is 11.7. The number of phenolic OH excluding ortho intramolecular Hbond substituents is 1. The van der Waals surface area contributed by atoms with Gasteiger partial charge in [0.25, 0.3) is 5.88 Å². The van der Waals surface area contributed by atoms with E-state index in [4.69, 9.17) is 4.74 Å². The first-order valence-electron chi connectivity index (χ1n) is 7.15. The van der Waals surface area contributed by atoms with Gasteiger partial charge in [-0.05, 0) is 19.1 Å². The number of para-hydroxylation sites is 1. The summed E-state index contributed by atoms with van der Waals surface area (Å²) in [6, 6.07) is 12.2. The standard InChI is InChI=1S/C17H16N2O4/c1-10-7-8-13(20)12(9-10)15-11-5-3-4-6-14(11)23-17(18-2)16(15)19(21)22/h3-9,15,18,20H,1-2H3. The molecule has 1 atom stereocenters. The van der Waals surface area contributed by atoms with Crippen molar-refractivity contribution in [2.75, 3.05) is 7.05 Å². The molecule has 23 heavy (non-hydrogen) atoms. The summed E-state index contributed by atoms with van der Waals surface area (Å²) in [7, 11) is 1.57. The number of hydrogen-bond acceptors (Lipinski definition) is 5. The Hall–Kier alpha value is -3.02. The molecule has 3 rings (SSSR count). The Morgan fingerprint density at radius 3 is 2.65 bits per heavy atom. The summed E-state index contributed by atoms with van der Waals surface area (Å²) >= 11 is 0. The SMILES string of the molecule is CNC1=C([N+](=O)[O-])C(c2cc(C)ccc2O)c2ccccc2O1. The number of nitro groups is 1. The van der Waals surface area contributed by atoms with Gasteiger partial charge < -0.3 is 15.2 Å². The summed E-state index contributed by atoms with van der Waals surface area (Å²) in [5, 5.41) is 24.7. The Balaban J connectivity index is 2.31. The van der Waals surface area contributed by atoms with Crippen molar-refractivity contribution in [3.8, 4) is 11.5 Å². The monoisotopic (exact) mass is 312 g/mol. The number of ether oxygens (including phenoxy) is 1. The minimum Gasteiger partial charge on any atom is -0.508 e. The number of benzene rings is 2. The molecule has 0 radical (unpaired) electrons. The average molecular weight is 312 g/mol. The molecule has 6 nitrogen and oxygen atoms in total. The molecule has 118 valence electrons. The lowest BCUT2D eigenvalue weighted by molar-refractivity contribution is -0.432. The van der Waals surface area contributed by atoms with E-state index >= 15 is 0 Å². The van der Waals surface area contributed by atoms with E-state index in [9.17, 15) is 15.2 Å². The lowest BCUT2D eigenvalue weighted by Gasteiger charge is -2.26. The number of aromatic hydroxyl groups is 1. The summed E-state index contributed by atoms with van der Waals surface area (Å²) in [6.45, 7) is 1.88. The van der Waals surface area contributed by atoms with Gasteiger partial charge in [0.2, 0.25) is 0 Å². The highest BCUT2D eigenvalue weighted by Gasteiger charge is 2.40. The fourth-order valence-corrected chi connectivity index (χ4v) is 2.84. The first-order valence-corrected chi connectivity index (χ1v) is 7.15. The van der Waals surface area contributed by atoms with Crippen LogP contribution in [0.4, 0.5) is 0 Å². The van der Waals surface area contributed by atoms with Gasteiger partial charge >= 0.3 is 5.70 Å². The lowest BCUT2D eigenvalue weighted by Crippen LogP contribution is -2.27. The molecule has 0 aliphatic carbocycles. The predicted octanol–water partition coefficient (Wildman–Crippen LogP) is 2.89. The van der Waals surface area contributed by atoms with Crippen molar-refractivity contribution in [3.05, 3.63) is 80.8 Å². The number of nitrogens with one attached hydrogen (secondary N) is 1. The molecule has 0 fully saturated rings. The van der Waals surface area contributed by atoms with Gasteiger partial charge in [0.05, 0.1) is 4.92 Å². The molecule has 0 saturated carbocycles. The molecular weight excluding hydrogens is 296 g/mol. The number of fused-ring (bicyclic) bond motifs is 1. The van der Waals surface area contributed by atoms with Crippen molar-refractivity contribution >= 4 is 0 Å². The second-order valence-corrected chi connectivity index (χ2v) is 5.36. The van der Waals surface area contributed by atoms with Crippen LogP contribution in [0.15, 0.2) is 54.0 Å². The van der Waals surface area contributed by atoms with Crippen LogP contribution in [0, 0.1) is 17.0 Å². The Morgan fingerprint density at radius 2 is 1.96 bits per heavy atom. The predicted molar refractivity (Wildman–Crippen MR) is 84.8 cm³/mol. The summed E-state index contributed by atoms with van der Waals surface area (Å²) in [6.07, 6.45) is 0. The van der Waals surface area contributed by atoms with E-state index in [1.165, 1.54) is 0 Å². The van der Waals surface area contributed by atoms with Gasteiger partial charge in [0.1, 0.15) is 17.4 Å². The first kappa shape index (κ1) is 14.9. The number of hydrogen-bond donors (Lipinski definition) is 2. The Bertz CT molecular complexity index is 814. The lowest BCUT2D eigenvalue weighted by atomic mass is 9.85. The first-order chi connectivity index (χ1) is 11.0. The zero-order chi connectivity index (χ0) is 16.6. The van der Waals surface area contributed by atoms with Crippen molar-refractivity contribution in [2.45, 2.75) is 12.8 Å². The molecule has 1 heterocycles. The van der Waals surface area contributed by atoms with Crippen LogP contribution in [-0.2, 0) is 0 Å². The maximum Gasteiger partial charge on any atom is 0.317 e. The van der Waals surface area contributed by atoms with Gasteiger partial charge in [-0.25, -0.2) is 0 Å². The fraction of sp³-hybridized carbons (Fsp3) is 0.176. The van der Waals surface area contributed by atoms with Crippen LogP contribution in [0.5, 0.6) is 11.5 Å². The van der Waals surface area contributed by atoms with Crippen LogP contribution in [0.2, 0.25) is 0 Å². The molecule has 2 aromatic carbocycles. The van der Waals surface area contributed by atoms with E-state index in [0.29, 0.717) is 16.9 Å². The number of phenols is 1. The molecule has 0 saturated heterocycles.